The Morgan fingerprint density at radius 3 is 2.76 bits per heavy atom. The first-order valence-electron chi connectivity index (χ1n) is 7.78. The first-order valence-corrected chi connectivity index (χ1v) is 7.78. The highest BCUT2D eigenvalue weighted by Gasteiger charge is 2.19. The summed E-state index contributed by atoms with van der Waals surface area (Å²) in [7, 11) is 0. The van der Waals surface area contributed by atoms with Crippen molar-refractivity contribution < 1.29 is 23.9 Å². The van der Waals surface area contributed by atoms with Gasteiger partial charge in [-0.2, -0.15) is 0 Å². The second-order valence-corrected chi connectivity index (χ2v) is 5.87. The van der Waals surface area contributed by atoms with Crippen molar-refractivity contribution in [2.24, 2.45) is 0 Å². The van der Waals surface area contributed by atoms with Crippen LogP contribution in [0.3, 0.4) is 0 Å². The van der Waals surface area contributed by atoms with Crippen molar-refractivity contribution in [3.63, 3.8) is 0 Å². The van der Waals surface area contributed by atoms with Crippen LogP contribution in [0.2, 0.25) is 0 Å². The third-order valence-electron chi connectivity index (χ3n) is 3.88. The van der Waals surface area contributed by atoms with Gasteiger partial charge in [-0.05, 0) is 43.7 Å². The molecule has 1 heterocycles. The normalized spacial score (nSPS) is 12.6. The van der Waals surface area contributed by atoms with Crippen LogP contribution in [0.4, 0.5) is 5.69 Å². The van der Waals surface area contributed by atoms with Gasteiger partial charge in [0.15, 0.2) is 19.0 Å². The lowest BCUT2D eigenvalue weighted by molar-refractivity contribution is -0.118. The van der Waals surface area contributed by atoms with E-state index in [4.69, 9.17) is 9.47 Å². The van der Waals surface area contributed by atoms with Crippen LogP contribution in [0.15, 0.2) is 36.4 Å². The summed E-state index contributed by atoms with van der Waals surface area (Å²) in [6, 6.07) is 10.2. The Hall–Kier alpha value is -3.15. The number of amides is 1. The molecule has 0 radical (unpaired) electrons. The van der Waals surface area contributed by atoms with Crippen LogP contribution in [-0.4, -0.2) is 30.9 Å². The lowest BCUT2D eigenvalue weighted by atomic mass is 10.1. The van der Waals surface area contributed by atoms with Crippen molar-refractivity contribution in [3.8, 4) is 5.75 Å². The first kappa shape index (κ1) is 16.7. The summed E-state index contributed by atoms with van der Waals surface area (Å²) in [5.74, 6) is -0.674. The van der Waals surface area contributed by atoms with Gasteiger partial charge in [-0.1, -0.05) is 17.7 Å². The van der Waals surface area contributed by atoms with Crippen LogP contribution in [0.5, 0.6) is 5.75 Å². The number of carbonyl (C=O) groups excluding carboxylic acids is 3. The topological polar surface area (TPSA) is 81.7 Å². The van der Waals surface area contributed by atoms with E-state index in [9.17, 15) is 14.4 Å². The number of ketones is 1. The number of rotatable bonds is 4. The number of Topliss-reactive ketones (excluding diaryl/α,β-unsaturated/α-hetero) is 1. The van der Waals surface area contributed by atoms with E-state index in [-0.39, 0.29) is 24.9 Å². The van der Waals surface area contributed by atoms with E-state index in [2.05, 4.69) is 5.32 Å². The maximum absolute atomic E-state index is 12.3. The largest absolute Gasteiger partial charge is 0.482 e. The number of anilines is 1. The summed E-state index contributed by atoms with van der Waals surface area (Å²) >= 11 is 0. The van der Waals surface area contributed by atoms with Crippen LogP contribution < -0.4 is 10.1 Å². The molecule has 0 aromatic heterocycles. The number of aryl methyl sites for hydroxylation is 2. The highest BCUT2D eigenvalue weighted by molar-refractivity contribution is 6.02. The van der Waals surface area contributed by atoms with Crippen molar-refractivity contribution in [2.75, 3.05) is 18.5 Å². The molecule has 0 unspecified atom stereocenters. The van der Waals surface area contributed by atoms with Gasteiger partial charge < -0.3 is 14.8 Å². The molecule has 6 heteroatoms. The van der Waals surface area contributed by atoms with E-state index in [1.165, 1.54) is 6.07 Å². The van der Waals surface area contributed by atoms with Crippen LogP contribution in [0, 0.1) is 13.8 Å². The quantitative estimate of drug-likeness (QED) is 0.684. The number of carbonyl (C=O) groups is 3. The molecule has 1 N–H and O–H groups in total. The molecule has 0 fully saturated rings. The smallest absolute Gasteiger partial charge is 0.338 e. The van der Waals surface area contributed by atoms with Gasteiger partial charge in [-0.15, -0.1) is 0 Å². The highest BCUT2D eigenvalue weighted by atomic mass is 16.5. The zero-order chi connectivity index (χ0) is 18.0. The average molecular weight is 339 g/mol. The fourth-order valence-corrected chi connectivity index (χ4v) is 2.50. The van der Waals surface area contributed by atoms with Gasteiger partial charge in [-0.3, -0.25) is 9.59 Å². The number of esters is 1. The van der Waals surface area contributed by atoms with Crippen molar-refractivity contribution in [3.05, 3.63) is 58.7 Å². The van der Waals surface area contributed by atoms with Crippen LogP contribution in [0.1, 0.15) is 31.8 Å². The monoisotopic (exact) mass is 339 g/mol. The van der Waals surface area contributed by atoms with Gasteiger partial charge in [0, 0.05) is 5.56 Å². The molecule has 0 atom stereocenters. The molecular formula is C19H17NO5. The highest BCUT2D eigenvalue weighted by Crippen LogP contribution is 2.28. The molecule has 6 nitrogen and oxygen atoms in total. The second kappa shape index (κ2) is 6.76. The lowest BCUT2D eigenvalue weighted by Crippen LogP contribution is -2.25. The molecule has 3 rings (SSSR count). The molecule has 0 spiro atoms. The van der Waals surface area contributed by atoms with Crippen LogP contribution in [-0.2, 0) is 9.53 Å². The van der Waals surface area contributed by atoms with Gasteiger partial charge in [0.2, 0.25) is 0 Å². The minimum absolute atomic E-state index is 0.0479. The molecule has 1 aliphatic rings. The molecule has 0 saturated carbocycles. The van der Waals surface area contributed by atoms with Crippen molar-refractivity contribution >= 4 is 23.3 Å². The predicted molar refractivity (Wildman–Crippen MR) is 91.1 cm³/mol. The second-order valence-electron chi connectivity index (χ2n) is 5.87. The summed E-state index contributed by atoms with van der Waals surface area (Å²) in [6.07, 6.45) is 0. The lowest BCUT2D eigenvalue weighted by Gasteiger charge is -2.18. The number of ether oxygens (including phenoxy) is 2. The zero-order valence-electron chi connectivity index (χ0n) is 13.9. The van der Waals surface area contributed by atoms with Crippen molar-refractivity contribution in [2.45, 2.75) is 13.8 Å². The molecule has 25 heavy (non-hydrogen) atoms. The van der Waals surface area contributed by atoms with E-state index in [0.717, 1.165) is 11.1 Å². The van der Waals surface area contributed by atoms with E-state index in [0.29, 0.717) is 22.6 Å². The third kappa shape index (κ3) is 3.68. The Morgan fingerprint density at radius 2 is 1.96 bits per heavy atom. The fraction of sp³-hybridized carbons (Fsp3) is 0.211. The summed E-state index contributed by atoms with van der Waals surface area (Å²) in [4.78, 5) is 35.8. The maximum atomic E-state index is 12.3. The van der Waals surface area contributed by atoms with Crippen molar-refractivity contribution in [1.29, 1.82) is 0 Å². The Labute approximate surface area is 144 Å². The molecule has 128 valence electrons. The third-order valence-corrected chi connectivity index (χ3v) is 3.88. The first-order chi connectivity index (χ1) is 11.9. The van der Waals surface area contributed by atoms with Crippen LogP contribution >= 0.6 is 0 Å². The van der Waals surface area contributed by atoms with E-state index in [1.54, 1.807) is 18.2 Å². The van der Waals surface area contributed by atoms with E-state index < -0.39 is 5.97 Å². The molecule has 0 aliphatic carbocycles. The number of hydrogen-bond acceptors (Lipinski definition) is 5. The van der Waals surface area contributed by atoms with E-state index in [1.807, 2.05) is 26.0 Å². The SMILES string of the molecule is Cc1ccc(C)c(C(=O)OCC(=O)c2ccc3c(c2)NC(=O)CO3)c1. The Balaban J connectivity index is 1.68. The number of benzene rings is 2. The number of fused-ring (bicyclic) bond motifs is 1. The Bertz CT molecular complexity index is 872. The summed E-state index contributed by atoms with van der Waals surface area (Å²) in [6.45, 7) is 3.27. The molecule has 1 aliphatic heterocycles. The van der Waals surface area contributed by atoms with Gasteiger partial charge in [-0.25, -0.2) is 4.79 Å². The minimum Gasteiger partial charge on any atom is -0.482 e. The van der Waals surface area contributed by atoms with Crippen molar-refractivity contribution in [1.82, 2.24) is 0 Å². The maximum Gasteiger partial charge on any atom is 0.338 e. The number of hydrogen-bond donors (Lipinski definition) is 1. The van der Waals surface area contributed by atoms with Gasteiger partial charge in [0.25, 0.3) is 5.91 Å². The van der Waals surface area contributed by atoms with E-state index >= 15 is 0 Å². The summed E-state index contributed by atoms with van der Waals surface area (Å²) in [5, 5.41) is 2.64. The standard InChI is InChI=1S/C19H17NO5/c1-11-3-4-12(2)14(7-11)19(23)25-9-16(21)13-5-6-17-15(8-13)20-18(22)10-24-17/h3-8H,9-10H2,1-2H3,(H,20,22). The molecule has 2 aromatic rings. The molecule has 0 bridgehead atoms. The number of nitrogens with one attached hydrogen (secondary N) is 1. The minimum atomic E-state index is -0.538. The zero-order valence-corrected chi connectivity index (χ0v) is 13.9. The molecule has 1 amide bonds. The fourth-order valence-electron chi connectivity index (χ4n) is 2.50. The van der Waals surface area contributed by atoms with Gasteiger partial charge in [0.1, 0.15) is 5.75 Å². The molecule has 2 aromatic carbocycles. The molecular weight excluding hydrogens is 322 g/mol. The Morgan fingerprint density at radius 1 is 1.16 bits per heavy atom. The summed E-state index contributed by atoms with van der Waals surface area (Å²) < 4.78 is 10.4. The van der Waals surface area contributed by atoms with Gasteiger partial charge >= 0.3 is 5.97 Å². The average Bonchev–Trinajstić information content (AvgIpc) is 2.60. The van der Waals surface area contributed by atoms with Gasteiger partial charge in [0.05, 0.1) is 11.3 Å². The summed E-state index contributed by atoms with van der Waals surface area (Å²) in [5.41, 5.74) is 2.94. The molecule has 0 saturated heterocycles. The predicted octanol–water partition coefficient (Wildman–Crippen LogP) is 2.67. The van der Waals surface area contributed by atoms with Crippen LogP contribution in [0.25, 0.3) is 0 Å². The Kier molecular flexibility index (Phi) is 4.52.